The van der Waals surface area contributed by atoms with E-state index in [4.69, 9.17) is 5.11 Å². The van der Waals surface area contributed by atoms with Gasteiger partial charge >= 0.3 is 5.97 Å². The van der Waals surface area contributed by atoms with Crippen molar-refractivity contribution in [2.75, 3.05) is 0 Å². The van der Waals surface area contributed by atoms with Crippen LogP contribution in [0, 0.1) is 11.7 Å². The fourth-order valence-electron chi connectivity index (χ4n) is 2.50. The van der Waals surface area contributed by atoms with Gasteiger partial charge in [0, 0.05) is 10.5 Å². The first-order valence-electron chi connectivity index (χ1n) is 6.50. The molecule has 0 heterocycles. The van der Waals surface area contributed by atoms with Crippen molar-refractivity contribution in [1.29, 1.82) is 0 Å². The molecule has 2 N–H and O–H groups in total. The molecule has 8 heteroatoms. The summed E-state index contributed by atoms with van der Waals surface area (Å²) in [4.78, 5) is 10.9. The first-order valence-corrected chi connectivity index (χ1v) is 8.77. The van der Waals surface area contributed by atoms with Crippen molar-refractivity contribution >= 4 is 31.9 Å². The maximum absolute atomic E-state index is 13.0. The Balaban J connectivity index is 2.15. The van der Waals surface area contributed by atoms with Crippen LogP contribution in [-0.4, -0.2) is 25.5 Å². The summed E-state index contributed by atoms with van der Waals surface area (Å²) in [6.45, 7) is 0. The molecule has 2 atom stereocenters. The number of carboxylic acids is 1. The van der Waals surface area contributed by atoms with Crippen molar-refractivity contribution in [3.63, 3.8) is 0 Å². The molecule has 1 aliphatic carbocycles. The van der Waals surface area contributed by atoms with Gasteiger partial charge in [0.05, 0.1) is 10.8 Å². The standard InChI is InChI=1S/C13H15BrFNO4S/c14-11-7-9(15)4-5-12(11)21(19,20)16-10-3-1-2-8(6-10)13(17)18/h4-5,7-8,10,16H,1-3,6H2,(H,17,18). The second-order valence-electron chi connectivity index (χ2n) is 5.09. The van der Waals surface area contributed by atoms with Crippen molar-refractivity contribution in [3.05, 3.63) is 28.5 Å². The Morgan fingerprint density at radius 2 is 2.10 bits per heavy atom. The van der Waals surface area contributed by atoms with Gasteiger partial charge in [0.1, 0.15) is 5.82 Å². The summed E-state index contributed by atoms with van der Waals surface area (Å²) in [7, 11) is -3.81. The van der Waals surface area contributed by atoms with E-state index in [9.17, 15) is 17.6 Å². The Labute approximate surface area is 130 Å². The fraction of sp³-hybridized carbons (Fsp3) is 0.462. The third-order valence-corrected chi connectivity index (χ3v) is 6.03. The number of hydrogen-bond donors (Lipinski definition) is 2. The Kier molecular flexibility index (Phi) is 5.00. The van der Waals surface area contributed by atoms with Crippen LogP contribution >= 0.6 is 15.9 Å². The lowest BCUT2D eigenvalue weighted by Crippen LogP contribution is -2.40. The van der Waals surface area contributed by atoms with E-state index in [2.05, 4.69) is 20.7 Å². The number of benzene rings is 1. The molecule has 5 nitrogen and oxygen atoms in total. The van der Waals surface area contributed by atoms with Gasteiger partial charge in [-0.05, 0) is 53.4 Å². The number of carboxylic acid groups (broad SMARTS) is 1. The first kappa shape index (κ1) is 16.4. The van der Waals surface area contributed by atoms with Crippen LogP contribution in [0.1, 0.15) is 25.7 Å². The minimum Gasteiger partial charge on any atom is -0.481 e. The highest BCUT2D eigenvalue weighted by Crippen LogP contribution is 2.27. The molecule has 1 aromatic rings. The van der Waals surface area contributed by atoms with Crippen molar-refractivity contribution in [2.24, 2.45) is 5.92 Å². The molecule has 0 spiro atoms. The highest BCUT2D eigenvalue weighted by Gasteiger charge is 2.30. The molecule has 0 radical (unpaired) electrons. The van der Waals surface area contributed by atoms with Gasteiger partial charge in [-0.2, -0.15) is 0 Å². The number of sulfonamides is 1. The first-order chi connectivity index (χ1) is 9.79. The van der Waals surface area contributed by atoms with Gasteiger partial charge in [0.25, 0.3) is 0 Å². The van der Waals surface area contributed by atoms with Gasteiger partial charge in [-0.15, -0.1) is 0 Å². The highest BCUT2D eigenvalue weighted by molar-refractivity contribution is 9.10. The van der Waals surface area contributed by atoms with Gasteiger partial charge in [-0.25, -0.2) is 17.5 Å². The lowest BCUT2D eigenvalue weighted by Gasteiger charge is -2.27. The summed E-state index contributed by atoms with van der Waals surface area (Å²) in [6, 6.07) is 2.91. The van der Waals surface area contributed by atoms with Crippen LogP contribution < -0.4 is 4.72 Å². The van der Waals surface area contributed by atoms with E-state index in [1.165, 1.54) is 6.07 Å². The summed E-state index contributed by atoms with van der Waals surface area (Å²) in [6.07, 6.45) is 2.09. The van der Waals surface area contributed by atoms with Gasteiger partial charge in [0.15, 0.2) is 0 Å². The molecule has 1 aliphatic rings. The fourth-order valence-corrected chi connectivity index (χ4v) is 4.83. The minimum absolute atomic E-state index is 0.0543. The number of carbonyl (C=O) groups is 1. The monoisotopic (exact) mass is 379 g/mol. The Hall–Kier alpha value is -0.990. The predicted molar refractivity (Wildman–Crippen MR) is 77.8 cm³/mol. The smallest absolute Gasteiger partial charge is 0.306 e. The van der Waals surface area contributed by atoms with Gasteiger partial charge in [-0.1, -0.05) is 6.42 Å². The number of rotatable bonds is 4. The summed E-state index contributed by atoms with van der Waals surface area (Å²) in [5.74, 6) is -1.96. The highest BCUT2D eigenvalue weighted by atomic mass is 79.9. The third kappa shape index (κ3) is 4.02. The average Bonchev–Trinajstić information content (AvgIpc) is 2.37. The SMILES string of the molecule is O=C(O)C1CCCC(NS(=O)(=O)c2ccc(F)cc2Br)C1. The van der Waals surface area contributed by atoms with Crippen molar-refractivity contribution < 1.29 is 22.7 Å². The molecule has 0 aliphatic heterocycles. The molecular weight excluding hydrogens is 365 g/mol. The Morgan fingerprint density at radius 3 is 2.71 bits per heavy atom. The third-order valence-electron chi connectivity index (χ3n) is 3.53. The second-order valence-corrected chi connectivity index (χ2v) is 7.63. The van der Waals surface area contributed by atoms with Gasteiger partial charge in [0.2, 0.25) is 10.0 Å². The quantitative estimate of drug-likeness (QED) is 0.841. The molecule has 0 amide bonds. The van der Waals surface area contributed by atoms with E-state index in [-0.39, 0.29) is 15.8 Å². The Bertz CT molecular complexity index is 650. The number of hydrogen-bond acceptors (Lipinski definition) is 3. The lowest BCUT2D eigenvalue weighted by atomic mass is 9.86. The van der Waals surface area contributed by atoms with E-state index in [0.717, 1.165) is 12.1 Å². The van der Waals surface area contributed by atoms with E-state index < -0.39 is 33.8 Å². The summed E-state index contributed by atoms with van der Waals surface area (Å²) in [5, 5.41) is 9.02. The van der Waals surface area contributed by atoms with Crippen LogP contribution in [0.3, 0.4) is 0 Å². The number of nitrogens with one attached hydrogen (secondary N) is 1. The van der Waals surface area contributed by atoms with Crippen LogP contribution in [0.15, 0.2) is 27.6 Å². The average molecular weight is 380 g/mol. The van der Waals surface area contributed by atoms with E-state index in [1.54, 1.807) is 0 Å². The molecular formula is C13H15BrFNO4S. The molecule has 2 unspecified atom stereocenters. The predicted octanol–water partition coefficient (Wildman–Crippen LogP) is 2.51. The van der Waals surface area contributed by atoms with Crippen LogP contribution in [0.25, 0.3) is 0 Å². The van der Waals surface area contributed by atoms with Gasteiger partial charge in [-0.3, -0.25) is 4.79 Å². The Morgan fingerprint density at radius 1 is 1.38 bits per heavy atom. The molecule has 116 valence electrons. The van der Waals surface area contributed by atoms with Gasteiger partial charge < -0.3 is 5.11 Å². The normalized spacial score (nSPS) is 23.0. The van der Waals surface area contributed by atoms with Crippen molar-refractivity contribution in [1.82, 2.24) is 4.72 Å². The molecule has 0 saturated heterocycles. The second kappa shape index (κ2) is 6.41. The van der Waals surface area contributed by atoms with Crippen LogP contribution in [0.4, 0.5) is 4.39 Å². The summed E-state index contributed by atoms with van der Waals surface area (Å²) in [5.41, 5.74) is 0. The molecule has 1 saturated carbocycles. The molecule has 1 aromatic carbocycles. The maximum atomic E-state index is 13.0. The topological polar surface area (TPSA) is 83.5 Å². The zero-order valence-corrected chi connectivity index (χ0v) is 13.5. The summed E-state index contributed by atoms with van der Waals surface area (Å²) < 4.78 is 40.3. The number of halogens is 2. The van der Waals surface area contributed by atoms with E-state index >= 15 is 0 Å². The molecule has 21 heavy (non-hydrogen) atoms. The largest absolute Gasteiger partial charge is 0.481 e. The summed E-state index contributed by atoms with van der Waals surface area (Å²) >= 11 is 3.03. The van der Waals surface area contributed by atoms with Crippen LogP contribution in [0.5, 0.6) is 0 Å². The van der Waals surface area contributed by atoms with E-state index in [0.29, 0.717) is 19.3 Å². The lowest BCUT2D eigenvalue weighted by molar-refractivity contribution is -0.143. The molecule has 2 rings (SSSR count). The number of aliphatic carboxylic acids is 1. The van der Waals surface area contributed by atoms with Crippen molar-refractivity contribution in [2.45, 2.75) is 36.6 Å². The molecule has 0 bridgehead atoms. The minimum atomic E-state index is -3.81. The van der Waals surface area contributed by atoms with E-state index in [1.807, 2.05) is 0 Å². The van der Waals surface area contributed by atoms with Crippen LogP contribution in [0.2, 0.25) is 0 Å². The maximum Gasteiger partial charge on any atom is 0.306 e. The van der Waals surface area contributed by atoms with Crippen molar-refractivity contribution in [3.8, 4) is 0 Å². The van der Waals surface area contributed by atoms with Crippen LogP contribution in [-0.2, 0) is 14.8 Å². The molecule has 0 aromatic heterocycles. The zero-order valence-electron chi connectivity index (χ0n) is 11.1. The zero-order chi connectivity index (χ0) is 15.6. The molecule has 1 fully saturated rings.